The maximum absolute atomic E-state index is 10.9. The Hall–Kier alpha value is -1.36. The van der Waals surface area contributed by atoms with Gasteiger partial charge in [0.1, 0.15) is 0 Å². The maximum atomic E-state index is 10.9. The van der Waals surface area contributed by atoms with Gasteiger partial charge in [0.15, 0.2) is 0 Å². The smallest absolute Gasteiger partial charge is 0.0798 e. The van der Waals surface area contributed by atoms with Crippen LogP contribution in [0, 0.1) is 0 Å². The third-order valence-corrected chi connectivity index (χ3v) is 5.57. The summed E-state index contributed by atoms with van der Waals surface area (Å²) in [6.45, 7) is 6.15. The van der Waals surface area contributed by atoms with Gasteiger partial charge in [-0.05, 0) is 55.8 Å². The molecule has 4 rings (SSSR count). The molecule has 23 heavy (non-hydrogen) atoms. The molecule has 0 spiro atoms. The first-order chi connectivity index (χ1) is 11.2. The number of nitrogens with one attached hydrogen (secondary N) is 1. The molecule has 2 fully saturated rings. The first-order valence-corrected chi connectivity index (χ1v) is 8.94. The minimum absolute atomic E-state index is 0.473. The van der Waals surface area contributed by atoms with Crippen LogP contribution in [0.15, 0.2) is 30.5 Å². The zero-order valence-electron chi connectivity index (χ0n) is 13.8. The molecule has 0 radical (unpaired) electrons. The van der Waals surface area contributed by atoms with Crippen LogP contribution in [0.5, 0.6) is 0 Å². The van der Waals surface area contributed by atoms with E-state index in [4.69, 9.17) is 0 Å². The summed E-state index contributed by atoms with van der Waals surface area (Å²) in [6.07, 6.45) is 6.39. The number of H-pyrrole nitrogens is 1. The predicted molar refractivity (Wildman–Crippen MR) is 93.4 cm³/mol. The van der Waals surface area contributed by atoms with Crippen molar-refractivity contribution < 1.29 is 5.11 Å². The lowest BCUT2D eigenvalue weighted by Gasteiger charge is -2.40. The fraction of sp³-hybridized carbons (Fsp3) is 0.579. The summed E-state index contributed by atoms with van der Waals surface area (Å²) in [4.78, 5) is 8.28. The molecule has 1 aromatic carbocycles. The van der Waals surface area contributed by atoms with Gasteiger partial charge in [0.25, 0.3) is 0 Å². The third-order valence-electron chi connectivity index (χ3n) is 5.57. The van der Waals surface area contributed by atoms with Gasteiger partial charge in [-0.15, -0.1) is 0 Å². The third kappa shape index (κ3) is 3.30. The summed E-state index contributed by atoms with van der Waals surface area (Å²) in [7, 11) is 0. The number of aromatic nitrogens is 1. The highest BCUT2D eigenvalue weighted by atomic mass is 16.3. The average molecular weight is 313 g/mol. The number of likely N-dealkylation sites (tertiary alicyclic amines) is 2. The summed E-state index contributed by atoms with van der Waals surface area (Å²) in [5.41, 5.74) is 2.14. The van der Waals surface area contributed by atoms with Crippen LogP contribution in [0.3, 0.4) is 0 Å². The second-order valence-corrected chi connectivity index (χ2v) is 7.34. The van der Waals surface area contributed by atoms with Crippen LogP contribution in [0.25, 0.3) is 10.9 Å². The molecule has 0 aliphatic carbocycles. The lowest BCUT2D eigenvalue weighted by Crippen LogP contribution is -2.50. The molecule has 4 nitrogen and oxygen atoms in total. The van der Waals surface area contributed by atoms with E-state index < -0.39 is 5.60 Å². The number of piperidine rings is 1. The SMILES string of the molecule is OC1(CN2CCCC2)CCN(Cc2cccc3cc[nH]c23)CC1. The van der Waals surface area contributed by atoms with E-state index in [0.717, 1.165) is 39.0 Å². The van der Waals surface area contributed by atoms with Crippen molar-refractivity contribution in [2.45, 2.75) is 37.8 Å². The monoisotopic (exact) mass is 313 g/mol. The van der Waals surface area contributed by atoms with E-state index in [1.807, 2.05) is 6.20 Å². The predicted octanol–water partition coefficient (Wildman–Crippen LogP) is 2.59. The van der Waals surface area contributed by atoms with Crippen molar-refractivity contribution in [2.24, 2.45) is 0 Å². The van der Waals surface area contributed by atoms with Gasteiger partial charge in [-0.25, -0.2) is 0 Å². The van der Waals surface area contributed by atoms with Crippen LogP contribution in [0.1, 0.15) is 31.2 Å². The number of hydrogen-bond donors (Lipinski definition) is 2. The Morgan fingerprint density at radius 1 is 1.00 bits per heavy atom. The van der Waals surface area contributed by atoms with Gasteiger partial charge >= 0.3 is 0 Å². The maximum Gasteiger partial charge on any atom is 0.0798 e. The molecular formula is C19H27N3O. The van der Waals surface area contributed by atoms with E-state index in [9.17, 15) is 5.11 Å². The molecule has 0 saturated carbocycles. The second-order valence-electron chi connectivity index (χ2n) is 7.34. The summed E-state index contributed by atoms with van der Waals surface area (Å²) < 4.78 is 0. The van der Waals surface area contributed by atoms with Crippen LogP contribution >= 0.6 is 0 Å². The fourth-order valence-electron chi connectivity index (χ4n) is 4.16. The van der Waals surface area contributed by atoms with E-state index in [1.54, 1.807) is 0 Å². The number of aliphatic hydroxyl groups is 1. The van der Waals surface area contributed by atoms with Gasteiger partial charge in [0.2, 0.25) is 0 Å². The summed E-state index contributed by atoms with van der Waals surface area (Å²) in [5, 5.41) is 12.2. The van der Waals surface area contributed by atoms with Gasteiger partial charge in [0.05, 0.1) is 5.60 Å². The number of nitrogens with zero attached hydrogens (tertiary/aromatic N) is 2. The zero-order chi connectivity index (χ0) is 15.7. The largest absolute Gasteiger partial charge is 0.388 e. The molecular weight excluding hydrogens is 286 g/mol. The van der Waals surface area contributed by atoms with Crippen LogP contribution in [0.4, 0.5) is 0 Å². The van der Waals surface area contributed by atoms with Crippen molar-refractivity contribution >= 4 is 10.9 Å². The van der Waals surface area contributed by atoms with Gasteiger partial charge in [-0.2, -0.15) is 0 Å². The number of para-hydroxylation sites is 1. The molecule has 0 amide bonds. The van der Waals surface area contributed by atoms with Gasteiger partial charge < -0.3 is 15.0 Å². The number of benzene rings is 1. The average Bonchev–Trinajstić information content (AvgIpc) is 3.21. The fourth-order valence-corrected chi connectivity index (χ4v) is 4.16. The van der Waals surface area contributed by atoms with Crippen LogP contribution in [-0.2, 0) is 6.54 Å². The molecule has 1 aromatic heterocycles. The minimum atomic E-state index is -0.473. The van der Waals surface area contributed by atoms with Crippen LogP contribution < -0.4 is 0 Å². The molecule has 2 saturated heterocycles. The summed E-state index contributed by atoms with van der Waals surface area (Å²) in [6, 6.07) is 8.63. The Bertz CT molecular complexity index is 651. The number of rotatable bonds is 4. The quantitative estimate of drug-likeness (QED) is 0.912. The van der Waals surface area contributed by atoms with Crippen molar-refractivity contribution in [2.75, 3.05) is 32.7 Å². The van der Waals surface area contributed by atoms with E-state index in [-0.39, 0.29) is 0 Å². The Kier molecular flexibility index (Phi) is 4.14. The van der Waals surface area contributed by atoms with Gasteiger partial charge in [-0.3, -0.25) is 4.90 Å². The minimum Gasteiger partial charge on any atom is -0.388 e. The standard InChI is InChI=1S/C19H27N3O/c23-19(15-22-10-1-2-11-22)7-12-21(13-8-19)14-17-5-3-4-16-6-9-20-18(16)17/h3-6,9,20,23H,1-2,7-8,10-15H2. The first-order valence-electron chi connectivity index (χ1n) is 8.94. The summed E-state index contributed by atoms with van der Waals surface area (Å²) >= 11 is 0. The molecule has 4 heteroatoms. The molecule has 2 aromatic rings. The highest BCUT2D eigenvalue weighted by molar-refractivity contribution is 5.82. The van der Waals surface area contributed by atoms with Crippen molar-refractivity contribution in [3.05, 3.63) is 36.0 Å². The molecule has 0 bridgehead atoms. The number of aromatic amines is 1. The Labute approximate surface area is 138 Å². The first kappa shape index (κ1) is 15.2. The molecule has 3 heterocycles. The van der Waals surface area contributed by atoms with Crippen LogP contribution in [0.2, 0.25) is 0 Å². The normalized spacial score (nSPS) is 22.8. The highest BCUT2D eigenvalue weighted by Gasteiger charge is 2.34. The topological polar surface area (TPSA) is 42.5 Å². The van der Waals surface area contributed by atoms with Crippen molar-refractivity contribution in [3.63, 3.8) is 0 Å². The molecule has 2 aliphatic heterocycles. The Morgan fingerprint density at radius 2 is 1.78 bits per heavy atom. The Morgan fingerprint density at radius 3 is 2.57 bits per heavy atom. The van der Waals surface area contributed by atoms with E-state index in [1.165, 1.54) is 42.4 Å². The lowest BCUT2D eigenvalue weighted by molar-refractivity contribution is -0.0429. The van der Waals surface area contributed by atoms with E-state index >= 15 is 0 Å². The molecule has 2 N–H and O–H groups in total. The van der Waals surface area contributed by atoms with E-state index in [2.05, 4.69) is 39.0 Å². The highest BCUT2D eigenvalue weighted by Crippen LogP contribution is 2.27. The van der Waals surface area contributed by atoms with Crippen molar-refractivity contribution in [1.82, 2.24) is 14.8 Å². The molecule has 0 unspecified atom stereocenters. The zero-order valence-corrected chi connectivity index (χ0v) is 13.8. The van der Waals surface area contributed by atoms with Crippen LogP contribution in [-0.4, -0.2) is 58.2 Å². The van der Waals surface area contributed by atoms with Crippen molar-refractivity contribution in [1.29, 1.82) is 0 Å². The van der Waals surface area contributed by atoms with Gasteiger partial charge in [0, 0.05) is 37.9 Å². The molecule has 124 valence electrons. The van der Waals surface area contributed by atoms with E-state index in [0.29, 0.717) is 0 Å². The molecule has 0 atom stereocenters. The van der Waals surface area contributed by atoms with Crippen molar-refractivity contribution in [3.8, 4) is 0 Å². The second kappa shape index (κ2) is 6.27. The molecule has 2 aliphatic rings. The number of fused-ring (bicyclic) bond motifs is 1. The van der Waals surface area contributed by atoms with Gasteiger partial charge in [-0.1, -0.05) is 18.2 Å². The number of β-amino-alcohol motifs (C(OH)–C–C–N with tert-alkyl or cyclic N) is 1. The lowest BCUT2D eigenvalue weighted by atomic mass is 9.90. The summed E-state index contributed by atoms with van der Waals surface area (Å²) in [5.74, 6) is 0. The Balaban J connectivity index is 1.37. The number of hydrogen-bond acceptors (Lipinski definition) is 3.